The number of hydrogen-bond acceptors (Lipinski definition) is 6. The first-order valence-corrected chi connectivity index (χ1v) is 10.1. The van der Waals surface area contributed by atoms with E-state index >= 15 is 0 Å². The molecule has 4 rings (SSSR count). The van der Waals surface area contributed by atoms with Crippen LogP contribution >= 0.6 is 0 Å². The third-order valence-electron chi connectivity index (χ3n) is 5.31. The normalized spacial score (nSPS) is 21.4. The molecule has 29 heavy (non-hydrogen) atoms. The van der Waals surface area contributed by atoms with Gasteiger partial charge in [-0.05, 0) is 25.0 Å². The molecule has 1 atom stereocenters. The van der Waals surface area contributed by atoms with Crippen molar-refractivity contribution < 1.29 is 23.7 Å². The van der Waals surface area contributed by atoms with E-state index in [9.17, 15) is 4.79 Å². The van der Waals surface area contributed by atoms with Gasteiger partial charge in [-0.2, -0.15) is 0 Å². The van der Waals surface area contributed by atoms with E-state index in [1.807, 2.05) is 23.1 Å². The van der Waals surface area contributed by atoms with Gasteiger partial charge in [0.1, 0.15) is 18.5 Å². The third kappa shape index (κ3) is 4.67. The Morgan fingerprint density at radius 2 is 2.00 bits per heavy atom. The zero-order chi connectivity index (χ0) is 20.1. The maximum atomic E-state index is 12.5. The number of aliphatic imine (C=N–C) groups is 1. The molecule has 9 nitrogen and oxygen atoms in total. The summed E-state index contributed by atoms with van der Waals surface area (Å²) < 4.78 is 22.0. The number of nitrogens with one attached hydrogen (secondary N) is 1. The molecule has 3 aliphatic heterocycles. The molecule has 3 heterocycles. The van der Waals surface area contributed by atoms with E-state index in [1.54, 1.807) is 7.05 Å². The average Bonchev–Trinajstić information content (AvgIpc) is 3.45. The summed E-state index contributed by atoms with van der Waals surface area (Å²) in [6, 6.07) is 5.55. The van der Waals surface area contributed by atoms with Crippen LogP contribution in [0.2, 0.25) is 0 Å². The molecule has 0 aliphatic carbocycles. The number of ether oxygens (including phenoxy) is 4. The number of piperazine rings is 1. The zero-order valence-electron chi connectivity index (χ0n) is 16.8. The van der Waals surface area contributed by atoms with E-state index in [-0.39, 0.29) is 18.8 Å². The lowest BCUT2D eigenvalue weighted by atomic mass is 10.2. The van der Waals surface area contributed by atoms with Gasteiger partial charge in [-0.1, -0.05) is 0 Å². The van der Waals surface area contributed by atoms with Crippen molar-refractivity contribution in [3.63, 3.8) is 0 Å². The summed E-state index contributed by atoms with van der Waals surface area (Å²) in [5, 5.41) is 3.33. The number of benzene rings is 1. The van der Waals surface area contributed by atoms with Crippen LogP contribution in [-0.4, -0.2) is 87.5 Å². The Hall–Kier alpha value is -2.68. The molecule has 1 aromatic carbocycles. The van der Waals surface area contributed by atoms with Gasteiger partial charge < -0.3 is 34.1 Å². The Labute approximate surface area is 170 Å². The predicted octanol–water partition coefficient (Wildman–Crippen LogP) is 0.693. The summed E-state index contributed by atoms with van der Waals surface area (Å²) in [5.41, 5.74) is 0. The van der Waals surface area contributed by atoms with Crippen LogP contribution in [0.25, 0.3) is 0 Å². The molecule has 1 unspecified atom stereocenters. The van der Waals surface area contributed by atoms with Gasteiger partial charge in [-0.3, -0.25) is 9.79 Å². The fraction of sp³-hybridized carbons (Fsp3) is 0.600. The van der Waals surface area contributed by atoms with E-state index < -0.39 is 0 Å². The summed E-state index contributed by atoms with van der Waals surface area (Å²) in [7, 11) is 1.77. The minimum Gasteiger partial charge on any atom is -0.492 e. The van der Waals surface area contributed by atoms with Gasteiger partial charge in [-0.25, -0.2) is 0 Å². The van der Waals surface area contributed by atoms with E-state index in [2.05, 4.69) is 15.2 Å². The van der Waals surface area contributed by atoms with Crippen LogP contribution in [0.15, 0.2) is 23.2 Å². The summed E-state index contributed by atoms with van der Waals surface area (Å²) >= 11 is 0. The first-order chi connectivity index (χ1) is 14.2. The van der Waals surface area contributed by atoms with Crippen LogP contribution in [0.4, 0.5) is 0 Å². The molecule has 0 aromatic heterocycles. The maximum absolute atomic E-state index is 12.5. The van der Waals surface area contributed by atoms with Gasteiger partial charge in [0, 0.05) is 45.9 Å². The molecule has 0 spiro atoms. The van der Waals surface area contributed by atoms with E-state index in [4.69, 9.17) is 18.9 Å². The Morgan fingerprint density at radius 1 is 1.21 bits per heavy atom. The standard InChI is InChI=1S/C20H28N4O5/c1-21-20(22-6-12-26-15-4-5-16-18(13-15)29-14-28-16)24-9-7-23(8-10-24)19(25)17-3-2-11-27-17/h4-5,13,17H,2-3,6-12,14H2,1H3,(H,21,22). The number of hydrogen-bond donors (Lipinski definition) is 1. The highest BCUT2D eigenvalue weighted by molar-refractivity contribution is 5.82. The monoisotopic (exact) mass is 404 g/mol. The number of fused-ring (bicyclic) bond motifs is 1. The highest BCUT2D eigenvalue weighted by Gasteiger charge is 2.30. The Balaban J connectivity index is 1.18. The summed E-state index contributed by atoms with van der Waals surface area (Å²) in [4.78, 5) is 20.9. The minimum absolute atomic E-state index is 0.127. The molecule has 0 radical (unpaired) electrons. The van der Waals surface area contributed by atoms with E-state index in [0.29, 0.717) is 38.6 Å². The Morgan fingerprint density at radius 3 is 2.76 bits per heavy atom. The van der Waals surface area contributed by atoms with Crippen LogP contribution in [0.5, 0.6) is 17.2 Å². The molecule has 158 valence electrons. The van der Waals surface area contributed by atoms with Crippen molar-refractivity contribution in [1.29, 1.82) is 0 Å². The molecule has 1 aromatic rings. The SMILES string of the molecule is CN=C(NCCOc1ccc2c(c1)OCO2)N1CCN(C(=O)C2CCCO2)CC1. The molecular formula is C20H28N4O5. The third-order valence-corrected chi connectivity index (χ3v) is 5.31. The minimum atomic E-state index is -0.243. The number of rotatable bonds is 5. The van der Waals surface area contributed by atoms with Gasteiger partial charge in [0.15, 0.2) is 17.5 Å². The van der Waals surface area contributed by atoms with Crippen molar-refractivity contribution in [2.24, 2.45) is 4.99 Å². The summed E-state index contributed by atoms with van der Waals surface area (Å²) in [5.74, 6) is 3.15. The quantitative estimate of drug-likeness (QED) is 0.439. The van der Waals surface area contributed by atoms with Crippen molar-refractivity contribution in [2.75, 3.05) is 59.8 Å². The van der Waals surface area contributed by atoms with Crippen LogP contribution in [-0.2, 0) is 9.53 Å². The molecule has 3 aliphatic rings. The Kier molecular flexibility index (Phi) is 6.24. The largest absolute Gasteiger partial charge is 0.492 e. The first-order valence-electron chi connectivity index (χ1n) is 10.1. The molecule has 1 amide bonds. The number of amides is 1. The highest BCUT2D eigenvalue weighted by atomic mass is 16.7. The lowest BCUT2D eigenvalue weighted by Gasteiger charge is -2.37. The van der Waals surface area contributed by atoms with Crippen LogP contribution in [0.1, 0.15) is 12.8 Å². The predicted molar refractivity (Wildman–Crippen MR) is 107 cm³/mol. The molecular weight excluding hydrogens is 376 g/mol. The Bertz CT molecular complexity index is 742. The number of carbonyl (C=O) groups is 1. The molecule has 0 saturated carbocycles. The summed E-state index contributed by atoms with van der Waals surface area (Å²) in [6.07, 6.45) is 1.57. The lowest BCUT2D eigenvalue weighted by molar-refractivity contribution is -0.142. The van der Waals surface area contributed by atoms with Crippen molar-refractivity contribution in [3.8, 4) is 17.2 Å². The molecule has 2 fully saturated rings. The fourth-order valence-corrected chi connectivity index (χ4v) is 3.75. The number of guanidine groups is 1. The fourth-order valence-electron chi connectivity index (χ4n) is 3.75. The molecule has 1 N–H and O–H groups in total. The van der Waals surface area contributed by atoms with Crippen molar-refractivity contribution in [1.82, 2.24) is 15.1 Å². The van der Waals surface area contributed by atoms with Crippen molar-refractivity contribution in [3.05, 3.63) is 18.2 Å². The van der Waals surface area contributed by atoms with Gasteiger partial charge in [-0.15, -0.1) is 0 Å². The highest BCUT2D eigenvalue weighted by Crippen LogP contribution is 2.34. The molecule has 0 bridgehead atoms. The maximum Gasteiger partial charge on any atom is 0.251 e. The first kappa shape index (κ1) is 19.6. The van der Waals surface area contributed by atoms with Gasteiger partial charge in [0.05, 0.1) is 6.54 Å². The summed E-state index contributed by atoms with van der Waals surface area (Å²) in [6.45, 7) is 4.94. The second-order valence-electron chi connectivity index (χ2n) is 7.15. The van der Waals surface area contributed by atoms with Gasteiger partial charge in [0.2, 0.25) is 6.79 Å². The van der Waals surface area contributed by atoms with Gasteiger partial charge in [0.25, 0.3) is 5.91 Å². The van der Waals surface area contributed by atoms with Gasteiger partial charge >= 0.3 is 0 Å². The van der Waals surface area contributed by atoms with E-state index in [1.165, 1.54) is 0 Å². The van der Waals surface area contributed by atoms with Crippen LogP contribution in [0.3, 0.4) is 0 Å². The zero-order valence-corrected chi connectivity index (χ0v) is 16.8. The van der Waals surface area contributed by atoms with Crippen LogP contribution in [0, 0.1) is 0 Å². The van der Waals surface area contributed by atoms with Crippen LogP contribution < -0.4 is 19.5 Å². The molecule has 9 heteroatoms. The average molecular weight is 404 g/mol. The second kappa shape index (κ2) is 9.21. The topological polar surface area (TPSA) is 84.9 Å². The van der Waals surface area contributed by atoms with E-state index in [0.717, 1.165) is 43.4 Å². The second-order valence-corrected chi connectivity index (χ2v) is 7.15. The number of carbonyl (C=O) groups excluding carboxylic acids is 1. The lowest BCUT2D eigenvalue weighted by Crippen LogP contribution is -2.55. The molecule has 2 saturated heterocycles. The van der Waals surface area contributed by atoms with Crippen molar-refractivity contribution >= 4 is 11.9 Å². The number of nitrogens with zero attached hydrogens (tertiary/aromatic N) is 3. The van der Waals surface area contributed by atoms with Crippen molar-refractivity contribution in [2.45, 2.75) is 18.9 Å². The smallest absolute Gasteiger partial charge is 0.251 e.